The van der Waals surface area contributed by atoms with Gasteiger partial charge >= 0.3 is 0 Å². The van der Waals surface area contributed by atoms with E-state index in [1.54, 1.807) is 17.8 Å². The van der Waals surface area contributed by atoms with E-state index >= 15 is 0 Å². The van der Waals surface area contributed by atoms with Gasteiger partial charge in [0.2, 0.25) is 5.13 Å². The van der Waals surface area contributed by atoms with Crippen LogP contribution in [0.2, 0.25) is 0 Å². The van der Waals surface area contributed by atoms with Crippen molar-refractivity contribution in [2.75, 3.05) is 5.32 Å². The van der Waals surface area contributed by atoms with Crippen molar-refractivity contribution in [3.63, 3.8) is 0 Å². The number of rotatable bonds is 6. The zero-order valence-corrected chi connectivity index (χ0v) is 19.3. The van der Waals surface area contributed by atoms with Gasteiger partial charge in [-0.25, -0.2) is 0 Å². The molecule has 0 aliphatic heterocycles. The molecular weight excluding hydrogens is 440 g/mol. The first kappa shape index (κ1) is 20.9. The fourth-order valence-corrected chi connectivity index (χ4v) is 5.52. The van der Waals surface area contributed by atoms with Crippen LogP contribution >= 0.6 is 23.1 Å². The lowest BCUT2D eigenvalue weighted by Crippen LogP contribution is -2.11. The van der Waals surface area contributed by atoms with Crippen LogP contribution < -0.4 is 5.32 Å². The van der Waals surface area contributed by atoms with E-state index < -0.39 is 0 Å². The molecule has 0 fully saturated rings. The molecule has 1 N–H and O–H groups in total. The lowest BCUT2D eigenvalue weighted by Gasteiger charge is -2.15. The molecule has 1 aliphatic carbocycles. The molecule has 0 saturated heterocycles. The van der Waals surface area contributed by atoms with Crippen LogP contribution in [0.4, 0.5) is 5.13 Å². The average molecular weight is 463 g/mol. The Kier molecular flexibility index (Phi) is 6.05. The zero-order valence-electron chi connectivity index (χ0n) is 17.6. The van der Waals surface area contributed by atoms with Gasteiger partial charge in [-0.1, -0.05) is 70.2 Å². The van der Waals surface area contributed by atoms with E-state index in [4.69, 9.17) is 4.52 Å². The number of amides is 1. The van der Waals surface area contributed by atoms with E-state index in [0.717, 1.165) is 28.5 Å². The fraction of sp³-hybridized carbons (Fsp3) is 0.250. The standard InChI is InChI=1S/C24H22N4O2S2/c1-15-5-4-6-16(11-15)14-31-24-27-26-23(32-24)25-22(29)20-13-21(30-28-20)19-10-9-17-7-2-3-8-18(17)12-19/h4-6,9-13H,2-3,7-8,14H2,1H3,(H,25,26,29). The second kappa shape index (κ2) is 9.26. The molecule has 5 rings (SSSR count). The second-order valence-corrected chi connectivity index (χ2v) is 10.1. The third-order valence-corrected chi connectivity index (χ3v) is 7.49. The number of nitrogens with zero attached hydrogens (tertiary/aromatic N) is 3. The van der Waals surface area contributed by atoms with Gasteiger partial charge in [-0.15, -0.1) is 10.2 Å². The molecule has 2 heterocycles. The summed E-state index contributed by atoms with van der Waals surface area (Å²) in [6, 6.07) is 16.4. The summed E-state index contributed by atoms with van der Waals surface area (Å²) in [5, 5.41) is 15.4. The largest absolute Gasteiger partial charge is 0.355 e. The lowest BCUT2D eigenvalue weighted by molar-refractivity contribution is 0.101. The Morgan fingerprint density at radius 1 is 1.09 bits per heavy atom. The maximum Gasteiger partial charge on any atom is 0.279 e. The van der Waals surface area contributed by atoms with Crippen molar-refractivity contribution in [2.45, 2.75) is 42.7 Å². The summed E-state index contributed by atoms with van der Waals surface area (Å²) < 4.78 is 6.26. The first-order chi connectivity index (χ1) is 15.6. The van der Waals surface area contributed by atoms with Crippen LogP contribution in [0.1, 0.15) is 45.6 Å². The highest BCUT2D eigenvalue weighted by molar-refractivity contribution is 8.00. The SMILES string of the molecule is Cc1cccc(CSc2nnc(NC(=O)c3cc(-c4ccc5c(c4)CCCC5)on3)s2)c1. The number of hydrogen-bond donors (Lipinski definition) is 1. The third-order valence-electron chi connectivity index (χ3n) is 5.45. The summed E-state index contributed by atoms with van der Waals surface area (Å²) in [7, 11) is 0. The number of anilines is 1. The normalized spacial score (nSPS) is 13.0. The van der Waals surface area contributed by atoms with Gasteiger partial charge in [-0.2, -0.15) is 0 Å². The van der Waals surface area contributed by atoms with Gasteiger partial charge in [0.1, 0.15) is 0 Å². The smallest absolute Gasteiger partial charge is 0.279 e. The van der Waals surface area contributed by atoms with Crippen molar-refractivity contribution in [3.05, 3.63) is 76.5 Å². The van der Waals surface area contributed by atoms with Crippen molar-refractivity contribution in [1.82, 2.24) is 15.4 Å². The number of thioether (sulfide) groups is 1. The molecule has 0 atom stereocenters. The second-order valence-electron chi connectivity index (χ2n) is 7.87. The Hall–Kier alpha value is -2.97. The third kappa shape index (κ3) is 4.76. The van der Waals surface area contributed by atoms with Gasteiger partial charge in [-0.3, -0.25) is 10.1 Å². The molecule has 0 radical (unpaired) electrons. The lowest BCUT2D eigenvalue weighted by atomic mass is 9.90. The maximum atomic E-state index is 12.6. The number of hydrogen-bond acceptors (Lipinski definition) is 7. The van der Waals surface area contributed by atoms with Crippen molar-refractivity contribution in [1.29, 1.82) is 0 Å². The number of aromatic nitrogens is 3. The van der Waals surface area contributed by atoms with E-state index in [0.29, 0.717) is 10.9 Å². The molecule has 0 saturated carbocycles. The Morgan fingerprint density at radius 3 is 2.84 bits per heavy atom. The Morgan fingerprint density at radius 2 is 1.97 bits per heavy atom. The Balaban J connectivity index is 1.22. The van der Waals surface area contributed by atoms with Crippen LogP contribution in [-0.4, -0.2) is 21.3 Å². The van der Waals surface area contributed by atoms with E-state index in [-0.39, 0.29) is 11.6 Å². The first-order valence-corrected chi connectivity index (χ1v) is 12.4. The van der Waals surface area contributed by atoms with Crippen molar-refractivity contribution in [2.24, 2.45) is 0 Å². The first-order valence-electron chi connectivity index (χ1n) is 10.6. The number of carbonyl (C=O) groups is 1. The van der Waals surface area contributed by atoms with Gasteiger partial charge in [0.15, 0.2) is 15.8 Å². The molecule has 8 heteroatoms. The highest BCUT2D eigenvalue weighted by atomic mass is 32.2. The van der Waals surface area contributed by atoms with Crippen molar-refractivity contribution >= 4 is 34.1 Å². The van der Waals surface area contributed by atoms with Crippen molar-refractivity contribution in [3.8, 4) is 11.3 Å². The molecule has 2 aromatic carbocycles. The molecular formula is C24H22N4O2S2. The number of nitrogens with one attached hydrogen (secondary N) is 1. The van der Waals surface area contributed by atoms with E-state index in [9.17, 15) is 4.79 Å². The van der Waals surface area contributed by atoms with Crippen LogP contribution in [0.5, 0.6) is 0 Å². The fourth-order valence-electron chi connectivity index (χ4n) is 3.83. The zero-order chi connectivity index (χ0) is 21.9. The van der Waals surface area contributed by atoms with Gasteiger partial charge in [0, 0.05) is 17.4 Å². The topological polar surface area (TPSA) is 80.9 Å². The molecule has 0 unspecified atom stereocenters. The predicted octanol–water partition coefficient (Wildman–Crippen LogP) is 5.92. The molecule has 0 spiro atoms. The average Bonchev–Trinajstić information content (AvgIpc) is 3.47. The Bertz CT molecular complexity index is 1260. The van der Waals surface area contributed by atoms with E-state index in [1.807, 2.05) is 12.1 Å². The summed E-state index contributed by atoms with van der Waals surface area (Å²) in [5.41, 5.74) is 6.40. The number of benzene rings is 2. The summed E-state index contributed by atoms with van der Waals surface area (Å²) in [4.78, 5) is 12.6. The minimum absolute atomic E-state index is 0.224. The number of aryl methyl sites for hydroxylation is 3. The van der Waals surface area contributed by atoms with E-state index in [2.05, 4.69) is 57.9 Å². The summed E-state index contributed by atoms with van der Waals surface area (Å²) >= 11 is 2.95. The van der Waals surface area contributed by atoms with Gasteiger partial charge < -0.3 is 4.52 Å². The van der Waals surface area contributed by atoms with Gasteiger partial charge in [0.05, 0.1) is 0 Å². The molecule has 2 aromatic heterocycles. The molecule has 0 bridgehead atoms. The van der Waals surface area contributed by atoms with Crippen LogP contribution in [0.15, 0.2) is 57.4 Å². The molecule has 1 amide bonds. The van der Waals surface area contributed by atoms with Crippen LogP contribution in [0.25, 0.3) is 11.3 Å². The minimum Gasteiger partial charge on any atom is -0.355 e. The Labute approximate surface area is 194 Å². The highest BCUT2D eigenvalue weighted by Crippen LogP contribution is 2.30. The van der Waals surface area contributed by atoms with Crippen LogP contribution in [-0.2, 0) is 18.6 Å². The molecule has 4 aromatic rings. The minimum atomic E-state index is -0.357. The molecule has 1 aliphatic rings. The maximum absolute atomic E-state index is 12.6. The summed E-state index contributed by atoms with van der Waals surface area (Å²) in [5.74, 6) is 1.04. The van der Waals surface area contributed by atoms with E-state index in [1.165, 1.54) is 46.4 Å². The monoisotopic (exact) mass is 462 g/mol. The van der Waals surface area contributed by atoms with Crippen molar-refractivity contribution < 1.29 is 9.32 Å². The molecule has 162 valence electrons. The predicted molar refractivity (Wildman–Crippen MR) is 127 cm³/mol. The molecule has 32 heavy (non-hydrogen) atoms. The number of carbonyl (C=O) groups excluding carboxylic acids is 1. The highest BCUT2D eigenvalue weighted by Gasteiger charge is 2.17. The quantitative estimate of drug-likeness (QED) is 0.283. The van der Waals surface area contributed by atoms with Crippen LogP contribution in [0.3, 0.4) is 0 Å². The molecule has 6 nitrogen and oxygen atoms in total. The number of fused-ring (bicyclic) bond motifs is 1. The van der Waals surface area contributed by atoms with Gasteiger partial charge in [0.25, 0.3) is 5.91 Å². The summed E-state index contributed by atoms with van der Waals surface area (Å²) in [6.07, 6.45) is 4.68. The van der Waals surface area contributed by atoms with Crippen LogP contribution in [0, 0.1) is 6.92 Å². The van der Waals surface area contributed by atoms with Gasteiger partial charge in [-0.05, 0) is 55.4 Å². The summed E-state index contributed by atoms with van der Waals surface area (Å²) in [6.45, 7) is 2.08.